The van der Waals surface area contributed by atoms with Crippen molar-refractivity contribution in [3.63, 3.8) is 0 Å². The van der Waals surface area contributed by atoms with E-state index in [0.29, 0.717) is 12.5 Å². The first-order chi connectivity index (χ1) is 28.9. The average Bonchev–Trinajstić information content (AvgIpc) is 4.11. The van der Waals surface area contributed by atoms with Gasteiger partial charge >= 0.3 is 12.2 Å². The summed E-state index contributed by atoms with van der Waals surface area (Å²) in [6, 6.07) is 16.7. The highest BCUT2D eigenvalue weighted by molar-refractivity contribution is 5.89. The number of benzene rings is 3. The third-order valence-corrected chi connectivity index (χ3v) is 12.4. The number of hydrogen-bond donors (Lipinski definition) is 4. The lowest BCUT2D eigenvalue weighted by molar-refractivity contribution is -0.139. The molecular formula is C46H52N8O6. The molecule has 14 nitrogen and oxygen atoms in total. The second-order valence-corrected chi connectivity index (χ2v) is 16.9. The fraction of sp³-hybridized carbons (Fsp3) is 0.435. The minimum absolute atomic E-state index is 0.101. The van der Waals surface area contributed by atoms with E-state index in [1.807, 2.05) is 68.0 Å². The molecule has 2 saturated heterocycles. The van der Waals surface area contributed by atoms with Crippen molar-refractivity contribution in [1.29, 1.82) is 0 Å². The van der Waals surface area contributed by atoms with Crippen LogP contribution in [0.3, 0.4) is 0 Å². The van der Waals surface area contributed by atoms with Gasteiger partial charge in [-0.2, -0.15) is 0 Å². The Morgan fingerprint density at radius 3 is 2.17 bits per heavy atom. The summed E-state index contributed by atoms with van der Waals surface area (Å²) in [5, 5.41) is 7.56. The Morgan fingerprint density at radius 2 is 1.45 bits per heavy atom. The van der Waals surface area contributed by atoms with Crippen LogP contribution in [0.5, 0.6) is 0 Å². The normalized spacial score (nSPS) is 20.7. The number of alkyl carbamates (subject to hydrolysis) is 2. The minimum Gasteiger partial charge on any atom is -0.453 e. The number of carbonyl (C=O) groups excluding carboxylic acids is 4. The summed E-state index contributed by atoms with van der Waals surface area (Å²) in [6.45, 7) is 8.24. The molecule has 312 valence electrons. The van der Waals surface area contributed by atoms with Crippen LogP contribution in [0.4, 0.5) is 9.59 Å². The lowest BCUT2D eigenvalue weighted by atomic mass is 9.95. The molecule has 5 aromatic rings. The molecule has 6 atom stereocenters. The fourth-order valence-electron chi connectivity index (χ4n) is 9.25. The van der Waals surface area contributed by atoms with Gasteiger partial charge in [0.2, 0.25) is 11.8 Å². The number of piperidine rings is 1. The van der Waals surface area contributed by atoms with Gasteiger partial charge in [0.25, 0.3) is 0 Å². The predicted octanol–water partition coefficient (Wildman–Crippen LogP) is 6.98. The third-order valence-electron chi connectivity index (χ3n) is 12.4. The molecule has 3 aliphatic rings. The van der Waals surface area contributed by atoms with Crippen LogP contribution in [-0.4, -0.2) is 92.6 Å². The van der Waals surface area contributed by atoms with E-state index in [4.69, 9.17) is 19.4 Å². The molecule has 4 heterocycles. The summed E-state index contributed by atoms with van der Waals surface area (Å²) in [5.74, 6) is 7.97. The molecule has 6 unspecified atom stereocenters. The van der Waals surface area contributed by atoms with Gasteiger partial charge in [0.1, 0.15) is 23.7 Å². The number of fused-ring (bicyclic) bond motifs is 4. The van der Waals surface area contributed by atoms with Crippen LogP contribution in [0.1, 0.15) is 94.7 Å². The summed E-state index contributed by atoms with van der Waals surface area (Å²) >= 11 is 0. The number of rotatable bonds is 9. The molecule has 60 heavy (non-hydrogen) atoms. The molecule has 3 aromatic carbocycles. The van der Waals surface area contributed by atoms with Gasteiger partial charge < -0.3 is 39.9 Å². The van der Waals surface area contributed by atoms with Crippen molar-refractivity contribution in [2.75, 3.05) is 20.8 Å². The zero-order chi connectivity index (χ0) is 42.2. The van der Waals surface area contributed by atoms with E-state index in [2.05, 4.69) is 62.8 Å². The second kappa shape index (κ2) is 16.7. The van der Waals surface area contributed by atoms with Gasteiger partial charge in [-0.15, -0.1) is 0 Å². The van der Waals surface area contributed by atoms with E-state index in [9.17, 15) is 19.2 Å². The SMILES string of the molecule is COC(=O)NC(C(=O)N1CCCC1c1ncc(-c2ccc3cc(C#Cc4ccc5nc(C6C7CCC(C7)N6C(=O)C(NC(=O)OC)C(C)C)[nH]c5c4)ccc3c2)[nH]1)C(C)C. The number of aromatic nitrogens is 4. The Kier molecular flexibility index (Phi) is 11.3. The molecule has 1 aliphatic carbocycles. The molecule has 3 fully saturated rings. The maximum absolute atomic E-state index is 14.0. The molecule has 2 bridgehead atoms. The van der Waals surface area contributed by atoms with Gasteiger partial charge in [-0.25, -0.2) is 19.6 Å². The second-order valence-electron chi connectivity index (χ2n) is 16.9. The molecule has 14 heteroatoms. The van der Waals surface area contributed by atoms with Gasteiger partial charge in [-0.05, 0) is 97.0 Å². The zero-order valence-electron chi connectivity index (χ0n) is 34.9. The van der Waals surface area contributed by atoms with Crippen molar-refractivity contribution < 1.29 is 28.7 Å². The van der Waals surface area contributed by atoms with E-state index in [1.54, 1.807) is 0 Å². The standard InChI is InChI=1S/C46H52N8O6/c1-25(2)38(51-45(57)59-5)43(55)53-19-7-8-37(53)41-47-24-36(50-41)31-15-14-29-20-27(11-13-30(29)22-31)9-10-28-12-18-34-35(21-28)49-42(48-34)40-32-16-17-33(23-32)54(40)44(56)39(26(3)4)52-46(58)60-6/h11-15,18,20-22,24-26,32-33,37-40H,7-8,16-17,19,23H2,1-6H3,(H,47,50)(H,48,49)(H,51,57)(H,52,58). The molecule has 0 spiro atoms. The lowest BCUT2D eigenvalue weighted by Crippen LogP contribution is -2.54. The van der Waals surface area contributed by atoms with Crippen LogP contribution in [0, 0.1) is 29.6 Å². The highest BCUT2D eigenvalue weighted by atomic mass is 16.5. The van der Waals surface area contributed by atoms with Crippen molar-refractivity contribution in [2.24, 2.45) is 17.8 Å². The summed E-state index contributed by atoms with van der Waals surface area (Å²) in [4.78, 5) is 72.1. The fourth-order valence-corrected chi connectivity index (χ4v) is 9.25. The number of methoxy groups -OCH3 is 2. The van der Waals surface area contributed by atoms with Crippen molar-refractivity contribution in [2.45, 2.75) is 90.0 Å². The number of hydrogen-bond acceptors (Lipinski definition) is 8. The molecule has 4 amide bonds. The first kappa shape index (κ1) is 40.4. The maximum Gasteiger partial charge on any atom is 0.407 e. The first-order valence-electron chi connectivity index (χ1n) is 20.8. The van der Waals surface area contributed by atoms with Crippen LogP contribution < -0.4 is 10.6 Å². The monoisotopic (exact) mass is 812 g/mol. The Labute approximate surface area is 349 Å². The Morgan fingerprint density at radius 1 is 0.783 bits per heavy atom. The largest absolute Gasteiger partial charge is 0.453 e. The van der Waals surface area contributed by atoms with Crippen molar-refractivity contribution in [3.8, 4) is 23.1 Å². The summed E-state index contributed by atoms with van der Waals surface area (Å²) in [5.41, 5.74) is 5.23. The minimum atomic E-state index is -0.692. The van der Waals surface area contributed by atoms with Gasteiger partial charge in [0, 0.05) is 29.3 Å². The van der Waals surface area contributed by atoms with Crippen molar-refractivity contribution >= 4 is 45.8 Å². The number of nitrogens with zero attached hydrogens (tertiary/aromatic N) is 4. The lowest BCUT2D eigenvalue weighted by Gasteiger charge is -2.37. The highest BCUT2D eigenvalue weighted by Crippen LogP contribution is 2.50. The quantitative estimate of drug-likeness (QED) is 0.115. The zero-order valence-corrected chi connectivity index (χ0v) is 34.9. The van der Waals surface area contributed by atoms with E-state index in [1.165, 1.54) is 14.2 Å². The summed E-state index contributed by atoms with van der Waals surface area (Å²) < 4.78 is 9.59. The average molecular weight is 813 g/mol. The number of carbonyl (C=O) groups is 4. The summed E-state index contributed by atoms with van der Waals surface area (Å²) in [7, 11) is 2.59. The van der Waals surface area contributed by atoms with Gasteiger partial charge in [0.05, 0.1) is 49.2 Å². The van der Waals surface area contributed by atoms with E-state index in [-0.39, 0.29) is 41.8 Å². The number of imidazole rings is 2. The highest BCUT2D eigenvalue weighted by Gasteiger charge is 2.51. The van der Waals surface area contributed by atoms with Crippen LogP contribution in [0.25, 0.3) is 33.1 Å². The van der Waals surface area contributed by atoms with E-state index in [0.717, 1.165) is 87.9 Å². The smallest absolute Gasteiger partial charge is 0.407 e. The molecule has 2 aromatic heterocycles. The third kappa shape index (κ3) is 7.88. The molecule has 2 aliphatic heterocycles. The van der Waals surface area contributed by atoms with E-state index < -0.39 is 24.3 Å². The van der Waals surface area contributed by atoms with Crippen LogP contribution in [0.15, 0.2) is 60.8 Å². The van der Waals surface area contributed by atoms with E-state index >= 15 is 0 Å². The van der Waals surface area contributed by atoms with Crippen LogP contribution in [0.2, 0.25) is 0 Å². The topological polar surface area (TPSA) is 175 Å². The molecule has 0 radical (unpaired) electrons. The predicted molar refractivity (Wildman–Crippen MR) is 226 cm³/mol. The molecular weight excluding hydrogens is 761 g/mol. The first-order valence-corrected chi connectivity index (χ1v) is 20.8. The molecule has 4 N–H and O–H groups in total. The number of ether oxygens (including phenoxy) is 2. The number of nitrogens with one attached hydrogen (secondary N) is 4. The maximum atomic E-state index is 14.0. The van der Waals surface area contributed by atoms with Crippen molar-refractivity contribution in [3.05, 3.63) is 83.6 Å². The van der Waals surface area contributed by atoms with Gasteiger partial charge in [-0.1, -0.05) is 57.7 Å². The Balaban J connectivity index is 0.967. The number of H-pyrrole nitrogens is 2. The Bertz CT molecular complexity index is 2510. The number of amides is 4. The number of likely N-dealkylation sites (tertiary alicyclic amines) is 2. The van der Waals surface area contributed by atoms with Gasteiger partial charge in [-0.3, -0.25) is 9.59 Å². The molecule has 1 saturated carbocycles. The number of aromatic amines is 2. The van der Waals surface area contributed by atoms with Crippen LogP contribution in [-0.2, 0) is 19.1 Å². The van der Waals surface area contributed by atoms with Crippen LogP contribution >= 0.6 is 0 Å². The summed E-state index contributed by atoms with van der Waals surface area (Å²) in [6.07, 6.45) is 5.09. The van der Waals surface area contributed by atoms with Crippen molar-refractivity contribution in [1.82, 2.24) is 40.4 Å². The molecule has 8 rings (SSSR count). The van der Waals surface area contributed by atoms with Gasteiger partial charge in [0.15, 0.2) is 0 Å². The Hall–Kier alpha value is -6.36.